The molecule has 0 saturated heterocycles. The summed E-state index contributed by atoms with van der Waals surface area (Å²) < 4.78 is 5.12. The highest BCUT2D eigenvalue weighted by atomic mass is 32.1. The number of aliphatic imine (C=N–C) groups is 1. The van der Waals surface area contributed by atoms with E-state index in [1.54, 1.807) is 18.4 Å². The Balaban J connectivity index is 1.85. The predicted octanol–water partition coefficient (Wildman–Crippen LogP) is 3.42. The number of nitrogens with one attached hydrogen (secondary N) is 1. The van der Waals surface area contributed by atoms with Crippen molar-refractivity contribution in [3.8, 4) is 5.75 Å². The van der Waals surface area contributed by atoms with Gasteiger partial charge in [-0.05, 0) is 24.3 Å². The van der Waals surface area contributed by atoms with Crippen LogP contribution in [0.25, 0.3) is 0 Å². The molecule has 23 heavy (non-hydrogen) atoms. The molecule has 3 N–H and O–H groups in total. The molecule has 124 valence electrons. The molecular weight excluding hydrogens is 308 g/mol. The third-order valence-corrected chi connectivity index (χ3v) is 4.52. The Hall–Kier alpha value is -2.08. The quantitative estimate of drug-likeness (QED) is 0.650. The molecule has 0 radical (unpaired) electrons. The summed E-state index contributed by atoms with van der Waals surface area (Å²) in [7, 11) is 1.64. The van der Waals surface area contributed by atoms with Gasteiger partial charge in [-0.2, -0.15) is 0 Å². The Morgan fingerprint density at radius 2 is 2.00 bits per heavy atom. The van der Waals surface area contributed by atoms with Crippen molar-refractivity contribution in [1.29, 1.82) is 0 Å². The fraction of sp³-hybridized carbons (Fsp3) is 0.412. The summed E-state index contributed by atoms with van der Waals surface area (Å²) in [5.74, 6) is 1.21. The molecule has 0 atom stereocenters. The van der Waals surface area contributed by atoms with Crippen LogP contribution in [0.1, 0.15) is 31.5 Å². The van der Waals surface area contributed by atoms with Crippen LogP contribution in [0, 0.1) is 0 Å². The number of aromatic nitrogens is 1. The number of nitrogens with two attached hydrogens (primary N) is 1. The molecule has 0 saturated carbocycles. The number of ether oxygens (including phenoxy) is 1. The lowest BCUT2D eigenvalue weighted by Gasteiger charge is -2.13. The van der Waals surface area contributed by atoms with Gasteiger partial charge in [-0.25, -0.2) is 4.98 Å². The average molecular weight is 332 g/mol. The maximum absolute atomic E-state index is 5.90. The van der Waals surface area contributed by atoms with Gasteiger partial charge in [0, 0.05) is 29.4 Å². The van der Waals surface area contributed by atoms with Crippen molar-refractivity contribution in [1.82, 2.24) is 4.98 Å². The molecule has 0 aliphatic heterocycles. The first-order valence-corrected chi connectivity index (χ1v) is 8.42. The molecule has 0 aliphatic carbocycles. The number of methoxy groups -OCH3 is 1. The molecule has 0 unspecified atom stereocenters. The van der Waals surface area contributed by atoms with E-state index in [9.17, 15) is 0 Å². The minimum absolute atomic E-state index is 0.0983. The van der Waals surface area contributed by atoms with Gasteiger partial charge in [0.2, 0.25) is 0 Å². The zero-order valence-corrected chi connectivity index (χ0v) is 14.9. The van der Waals surface area contributed by atoms with Crippen molar-refractivity contribution in [2.75, 3.05) is 19.0 Å². The van der Waals surface area contributed by atoms with E-state index in [2.05, 4.69) is 41.4 Å². The Kier molecular flexibility index (Phi) is 5.60. The molecule has 0 fully saturated rings. The topological polar surface area (TPSA) is 72.5 Å². The van der Waals surface area contributed by atoms with E-state index in [-0.39, 0.29) is 5.41 Å². The molecule has 1 aromatic heterocycles. The fourth-order valence-electron chi connectivity index (χ4n) is 1.92. The number of benzene rings is 1. The van der Waals surface area contributed by atoms with Gasteiger partial charge in [-0.15, -0.1) is 11.3 Å². The number of hydrogen-bond acceptors (Lipinski definition) is 4. The molecule has 1 aromatic carbocycles. The molecule has 0 aliphatic rings. The van der Waals surface area contributed by atoms with Gasteiger partial charge in [0.15, 0.2) is 5.96 Å². The molecule has 6 heteroatoms. The zero-order valence-electron chi connectivity index (χ0n) is 14.1. The monoisotopic (exact) mass is 332 g/mol. The highest BCUT2D eigenvalue weighted by Crippen LogP contribution is 2.25. The van der Waals surface area contributed by atoms with E-state index in [1.165, 1.54) is 0 Å². The number of rotatable bonds is 5. The number of thiazole rings is 1. The van der Waals surface area contributed by atoms with Crippen LogP contribution in [-0.2, 0) is 11.8 Å². The van der Waals surface area contributed by atoms with Gasteiger partial charge in [-0.3, -0.25) is 4.99 Å². The van der Waals surface area contributed by atoms with Gasteiger partial charge in [0.1, 0.15) is 5.75 Å². The molecule has 0 bridgehead atoms. The average Bonchev–Trinajstić information content (AvgIpc) is 2.97. The molecule has 5 nitrogen and oxygen atoms in total. The minimum Gasteiger partial charge on any atom is -0.497 e. The van der Waals surface area contributed by atoms with Crippen LogP contribution < -0.4 is 15.8 Å². The minimum atomic E-state index is 0.0983. The zero-order chi connectivity index (χ0) is 16.9. The van der Waals surface area contributed by atoms with Crippen LogP contribution in [0.5, 0.6) is 5.75 Å². The summed E-state index contributed by atoms with van der Waals surface area (Å²) in [6.45, 7) is 7.13. The van der Waals surface area contributed by atoms with E-state index >= 15 is 0 Å². The first-order valence-electron chi connectivity index (χ1n) is 7.54. The summed E-state index contributed by atoms with van der Waals surface area (Å²) in [4.78, 5) is 9.00. The van der Waals surface area contributed by atoms with Crippen molar-refractivity contribution < 1.29 is 4.74 Å². The number of hydrogen-bond donors (Lipinski definition) is 2. The SMILES string of the molecule is COc1ccc(NC(N)=NCCc2csc(C(C)(C)C)n2)cc1. The van der Waals surface area contributed by atoms with Crippen LogP contribution >= 0.6 is 11.3 Å². The van der Waals surface area contributed by atoms with Gasteiger partial charge in [-0.1, -0.05) is 20.8 Å². The summed E-state index contributed by atoms with van der Waals surface area (Å²) in [5, 5.41) is 6.32. The van der Waals surface area contributed by atoms with E-state index in [0.29, 0.717) is 12.5 Å². The molecule has 2 rings (SSSR count). The summed E-state index contributed by atoms with van der Waals surface area (Å²) in [6, 6.07) is 7.55. The smallest absolute Gasteiger partial charge is 0.193 e. The van der Waals surface area contributed by atoms with Crippen molar-refractivity contribution in [3.63, 3.8) is 0 Å². The maximum Gasteiger partial charge on any atom is 0.193 e. The Labute approximate surface area is 141 Å². The van der Waals surface area contributed by atoms with E-state index in [0.717, 1.165) is 28.6 Å². The lowest BCUT2D eigenvalue weighted by molar-refractivity contribution is 0.415. The van der Waals surface area contributed by atoms with Crippen molar-refractivity contribution in [3.05, 3.63) is 40.3 Å². The van der Waals surface area contributed by atoms with Gasteiger partial charge < -0.3 is 15.8 Å². The van der Waals surface area contributed by atoms with Crippen LogP contribution in [-0.4, -0.2) is 24.6 Å². The molecule has 2 aromatic rings. The Morgan fingerprint density at radius 3 is 2.57 bits per heavy atom. The van der Waals surface area contributed by atoms with Gasteiger partial charge in [0.25, 0.3) is 0 Å². The van der Waals surface area contributed by atoms with E-state index < -0.39 is 0 Å². The Morgan fingerprint density at radius 1 is 1.30 bits per heavy atom. The highest BCUT2D eigenvalue weighted by Gasteiger charge is 2.17. The first-order chi connectivity index (χ1) is 10.9. The second kappa shape index (κ2) is 7.46. The third kappa shape index (κ3) is 5.25. The fourth-order valence-corrected chi connectivity index (χ4v) is 2.86. The summed E-state index contributed by atoms with van der Waals surface area (Å²) in [6.07, 6.45) is 0.789. The second-order valence-corrected chi connectivity index (χ2v) is 7.12. The molecule has 1 heterocycles. The first kappa shape index (κ1) is 17.3. The number of guanidine groups is 1. The standard InChI is InChI=1S/C17H24N4OS/c1-17(2,3)15-20-13(11-23-15)9-10-19-16(18)21-12-5-7-14(22-4)8-6-12/h5-8,11H,9-10H2,1-4H3,(H3,18,19,21). The van der Waals surface area contributed by atoms with Gasteiger partial charge >= 0.3 is 0 Å². The van der Waals surface area contributed by atoms with Crippen LogP contribution in [0.2, 0.25) is 0 Å². The number of anilines is 1. The molecular formula is C17H24N4OS. The van der Waals surface area contributed by atoms with Crippen molar-refractivity contribution >= 4 is 23.0 Å². The predicted molar refractivity (Wildman–Crippen MR) is 97.6 cm³/mol. The van der Waals surface area contributed by atoms with Crippen molar-refractivity contribution in [2.24, 2.45) is 10.7 Å². The second-order valence-electron chi connectivity index (χ2n) is 6.26. The summed E-state index contributed by atoms with van der Waals surface area (Å²) >= 11 is 1.70. The lowest BCUT2D eigenvalue weighted by atomic mass is 9.98. The van der Waals surface area contributed by atoms with Gasteiger partial charge in [0.05, 0.1) is 17.8 Å². The normalized spacial score (nSPS) is 12.3. The van der Waals surface area contributed by atoms with E-state index in [1.807, 2.05) is 24.3 Å². The maximum atomic E-state index is 5.90. The third-order valence-electron chi connectivity index (χ3n) is 3.21. The van der Waals surface area contributed by atoms with Crippen LogP contribution in [0.4, 0.5) is 5.69 Å². The molecule has 0 amide bonds. The largest absolute Gasteiger partial charge is 0.497 e. The number of nitrogens with zero attached hydrogens (tertiary/aromatic N) is 2. The lowest BCUT2D eigenvalue weighted by Crippen LogP contribution is -2.23. The van der Waals surface area contributed by atoms with Crippen LogP contribution in [0.3, 0.4) is 0 Å². The highest BCUT2D eigenvalue weighted by molar-refractivity contribution is 7.09. The molecule has 0 spiro atoms. The van der Waals surface area contributed by atoms with E-state index in [4.69, 9.17) is 10.5 Å². The Bertz CT molecular complexity index is 656. The van der Waals surface area contributed by atoms with Crippen LogP contribution in [0.15, 0.2) is 34.6 Å². The summed E-state index contributed by atoms with van der Waals surface area (Å²) in [5.41, 5.74) is 7.96. The van der Waals surface area contributed by atoms with Crippen molar-refractivity contribution in [2.45, 2.75) is 32.6 Å².